The first-order chi connectivity index (χ1) is 12.7. The number of hydrogen-bond acceptors (Lipinski definition) is 3. The van der Waals surface area contributed by atoms with Crippen LogP contribution in [0.5, 0.6) is 5.75 Å². The molecule has 128 valence electrons. The standard InChI is InChI=1S/C22H17NO3/c1-26-20-9-5-3-6-17(20)16-12-10-15(11-13-16)14-23-19-8-4-2-7-18(19)21(24)22(23)25/h2-13H,14H2,1H3. The maximum atomic E-state index is 12.3. The molecule has 4 nitrogen and oxygen atoms in total. The zero-order valence-corrected chi connectivity index (χ0v) is 14.3. The molecule has 3 aromatic carbocycles. The average molecular weight is 343 g/mol. The molecule has 4 heteroatoms. The number of carbonyl (C=O) groups is 2. The van der Waals surface area contributed by atoms with E-state index >= 15 is 0 Å². The number of carbonyl (C=O) groups excluding carboxylic acids is 2. The highest BCUT2D eigenvalue weighted by Crippen LogP contribution is 2.32. The zero-order valence-electron chi connectivity index (χ0n) is 14.3. The van der Waals surface area contributed by atoms with Crippen LogP contribution in [0.4, 0.5) is 5.69 Å². The highest BCUT2D eigenvalue weighted by molar-refractivity contribution is 6.52. The number of amides is 1. The van der Waals surface area contributed by atoms with Gasteiger partial charge in [-0.2, -0.15) is 0 Å². The van der Waals surface area contributed by atoms with Crippen LogP contribution in [-0.2, 0) is 11.3 Å². The van der Waals surface area contributed by atoms with Crippen molar-refractivity contribution in [3.05, 3.63) is 83.9 Å². The third-order valence-corrected chi connectivity index (χ3v) is 4.59. The Kier molecular flexibility index (Phi) is 4.01. The van der Waals surface area contributed by atoms with Crippen molar-refractivity contribution >= 4 is 17.4 Å². The quantitative estimate of drug-likeness (QED) is 0.670. The Morgan fingerprint density at radius 2 is 1.46 bits per heavy atom. The smallest absolute Gasteiger partial charge is 0.299 e. The van der Waals surface area contributed by atoms with Gasteiger partial charge in [0.2, 0.25) is 0 Å². The van der Waals surface area contributed by atoms with Gasteiger partial charge in [-0.3, -0.25) is 9.59 Å². The van der Waals surface area contributed by atoms with Crippen molar-refractivity contribution in [2.75, 3.05) is 12.0 Å². The van der Waals surface area contributed by atoms with Crippen LogP contribution in [0.25, 0.3) is 11.1 Å². The van der Waals surface area contributed by atoms with Crippen LogP contribution in [0.1, 0.15) is 15.9 Å². The minimum atomic E-state index is -0.472. The third-order valence-electron chi connectivity index (χ3n) is 4.59. The number of rotatable bonds is 4. The first kappa shape index (κ1) is 16.1. The minimum absolute atomic E-state index is 0.369. The van der Waals surface area contributed by atoms with E-state index in [2.05, 4.69) is 0 Å². The van der Waals surface area contributed by atoms with E-state index < -0.39 is 11.7 Å². The third kappa shape index (κ3) is 2.65. The van der Waals surface area contributed by atoms with Crippen molar-refractivity contribution < 1.29 is 14.3 Å². The van der Waals surface area contributed by atoms with E-state index in [0.717, 1.165) is 22.4 Å². The monoisotopic (exact) mass is 343 g/mol. The molecule has 0 unspecified atom stereocenters. The van der Waals surface area contributed by atoms with Gasteiger partial charge in [-0.15, -0.1) is 0 Å². The van der Waals surface area contributed by atoms with Gasteiger partial charge in [0, 0.05) is 5.56 Å². The van der Waals surface area contributed by atoms with Gasteiger partial charge in [0.05, 0.1) is 24.9 Å². The zero-order chi connectivity index (χ0) is 18.1. The van der Waals surface area contributed by atoms with Gasteiger partial charge >= 0.3 is 0 Å². The van der Waals surface area contributed by atoms with Crippen molar-refractivity contribution in [3.63, 3.8) is 0 Å². The van der Waals surface area contributed by atoms with Gasteiger partial charge in [0.15, 0.2) is 0 Å². The Balaban J connectivity index is 1.61. The van der Waals surface area contributed by atoms with E-state index in [1.54, 1.807) is 25.3 Å². The van der Waals surface area contributed by atoms with Crippen LogP contribution in [0, 0.1) is 0 Å². The molecule has 4 rings (SSSR count). The normalized spacial score (nSPS) is 13.0. The average Bonchev–Trinajstić information content (AvgIpc) is 2.94. The molecule has 0 aliphatic carbocycles. The Morgan fingerprint density at radius 3 is 2.19 bits per heavy atom. The second kappa shape index (κ2) is 6.48. The number of Topliss-reactive ketones (excluding diaryl/α,β-unsaturated/α-hetero) is 1. The summed E-state index contributed by atoms with van der Waals surface area (Å²) in [6.07, 6.45) is 0. The van der Waals surface area contributed by atoms with Gasteiger partial charge in [-0.05, 0) is 29.3 Å². The summed E-state index contributed by atoms with van der Waals surface area (Å²) in [5, 5.41) is 0. The number of anilines is 1. The van der Waals surface area contributed by atoms with Crippen molar-refractivity contribution in [2.45, 2.75) is 6.54 Å². The fourth-order valence-electron chi connectivity index (χ4n) is 3.26. The summed E-state index contributed by atoms with van der Waals surface area (Å²) in [5.41, 5.74) is 4.16. The minimum Gasteiger partial charge on any atom is -0.496 e. The fourth-order valence-corrected chi connectivity index (χ4v) is 3.26. The summed E-state index contributed by atoms with van der Waals surface area (Å²) in [6, 6.07) is 22.9. The molecule has 0 N–H and O–H groups in total. The Bertz CT molecular complexity index is 992. The van der Waals surface area contributed by atoms with E-state index in [9.17, 15) is 9.59 Å². The molecule has 0 fully saturated rings. The highest BCUT2D eigenvalue weighted by Gasteiger charge is 2.35. The highest BCUT2D eigenvalue weighted by atomic mass is 16.5. The van der Waals surface area contributed by atoms with Crippen LogP contribution < -0.4 is 9.64 Å². The molecule has 26 heavy (non-hydrogen) atoms. The molecule has 0 spiro atoms. The molecule has 0 saturated heterocycles. The number of hydrogen-bond donors (Lipinski definition) is 0. The molecule has 1 amide bonds. The molecule has 0 saturated carbocycles. The predicted molar refractivity (Wildman–Crippen MR) is 100 cm³/mol. The number of fused-ring (bicyclic) bond motifs is 1. The number of ether oxygens (including phenoxy) is 1. The predicted octanol–water partition coefficient (Wildman–Crippen LogP) is 4.09. The SMILES string of the molecule is COc1ccccc1-c1ccc(CN2C(=O)C(=O)c3ccccc32)cc1. The molecule has 1 aliphatic heterocycles. The van der Waals surface area contributed by atoms with Gasteiger partial charge < -0.3 is 9.64 Å². The summed E-state index contributed by atoms with van der Waals surface area (Å²) in [5.74, 6) is -0.0965. The van der Waals surface area contributed by atoms with E-state index in [-0.39, 0.29) is 0 Å². The van der Waals surface area contributed by atoms with Crippen LogP contribution in [0.3, 0.4) is 0 Å². The lowest BCUT2D eigenvalue weighted by atomic mass is 10.0. The lowest BCUT2D eigenvalue weighted by Gasteiger charge is -2.17. The maximum Gasteiger partial charge on any atom is 0.299 e. The summed E-state index contributed by atoms with van der Waals surface area (Å²) in [4.78, 5) is 25.9. The van der Waals surface area contributed by atoms with E-state index in [4.69, 9.17) is 4.74 Å². The van der Waals surface area contributed by atoms with Gasteiger partial charge in [-0.25, -0.2) is 0 Å². The molecule has 0 atom stereocenters. The maximum absolute atomic E-state index is 12.3. The lowest BCUT2D eigenvalue weighted by Crippen LogP contribution is -2.29. The van der Waals surface area contributed by atoms with Crippen molar-refractivity contribution in [2.24, 2.45) is 0 Å². The summed E-state index contributed by atoms with van der Waals surface area (Å²) in [7, 11) is 1.65. The van der Waals surface area contributed by atoms with E-state index in [1.165, 1.54) is 4.90 Å². The Labute approximate surface area is 151 Å². The van der Waals surface area contributed by atoms with Crippen LogP contribution in [-0.4, -0.2) is 18.8 Å². The number of methoxy groups -OCH3 is 1. The summed E-state index contributed by atoms with van der Waals surface area (Å²) in [6.45, 7) is 0.369. The van der Waals surface area contributed by atoms with Crippen molar-refractivity contribution in [1.82, 2.24) is 0 Å². The molecule has 3 aromatic rings. The number of nitrogens with zero attached hydrogens (tertiary/aromatic N) is 1. The Morgan fingerprint density at radius 1 is 0.808 bits per heavy atom. The van der Waals surface area contributed by atoms with Crippen LogP contribution in [0.2, 0.25) is 0 Å². The Hall–Kier alpha value is -3.40. The number of benzene rings is 3. The molecule has 1 aliphatic rings. The van der Waals surface area contributed by atoms with Gasteiger partial charge in [0.1, 0.15) is 5.75 Å². The van der Waals surface area contributed by atoms with E-state index in [1.807, 2.05) is 54.6 Å². The topological polar surface area (TPSA) is 46.6 Å². The second-order valence-corrected chi connectivity index (χ2v) is 6.13. The molecule has 0 bridgehead atoms. The summed E-state index contributed by atoms with van der Waals surface area (Å²) < 4.78 is 5.41. The largest absolute Gasteiger partial charge is 0.496 e. The fraction of sp³-hybridized carbons (Fsp3) is 0.0909. The first-order valence-electron chi connectivity index (χ1n) is 8.36. The van der Waals surface area contributed by atoms with Crippen molar-refractivity contribution in [1.29, 1.82) is 0 Å². The lowest BCUT2D eigenvalue weighted by molar-refractivity contribution is -0.114. The second-order valence-electron chi connectivity index (χ2n) is 6.13. The van der Waals surface area contributed by atoms with Crippen LogP contribution in [0.15, 0.2) is 72.8 Å². The molecule has 0 aromatic heterocycles. The van der Waals surface area contributed by atoms with Gasteiger partial charge in [-0.1, -0.05) is 54.6 Å². The van der Waals surface area contributed by atoms with Crippen molar-refractivity contribution in [3.8, 4) is 16.9 Å². The van der Waals surface area contributed by atoms with Crippen LogP contribution >= 0.6 is 0 Å². The van der Waals surface area contributed by atoms with E-state index in [0.29, 0.717) is 17.8 Å². The molecular weight excluding hydrogens is 326 g/mol. The number of ketones is 1. The molecular formula is C22H17NO3. The van der Waals surface area contributed by atoms with Gasteiger partial charge in [0.25, 0.3) is 11.7 Å². The first-order valence-corrected chi connectivity index (χ1v) is 8.36. The molecule has 0 radical (unpaired) electrons. The summed E-state index contributed by atoms with van der Waals surface area (Å²) >= 11 is 0. The molecule has 1 heterocycles. The number of para-hydroxylation sites is 2.